The van der Waals surface area contributed by atoms with Gasteiger partial charge in [0, 0.05) is 22.7 Å². The minimum atomic E-state index is -0.743. The third-order valence-corrected chi connectivity index (χ3v) is 3.97. The van der Waals surface area contributed by atoms with Crippen LogP contribution in [0.4, 0.5) is 5.69 Å². The minimum absolute atomic E-state index is 0.149. The van der Waals surface area contributed by atoms with Crippen molar-refractivity contribution in [2.45, 2.75) is 13.8 Å². The van der Waals surface area contributed by atoms with Crippen molar-refractivity contribution in [3.05, 3.63) is 41.6 Å². The maximum Gasteiger partial charge on any atom is 0.350 e. The molecule has 0 unspecified atom stereocenters. The van der Waals surface area contributed by atoms with Crippen LogP contribution in [0.5, 0.6) is 11.5 Å². The second kappa shape index (κ2) is 9.99. The first-order valence-corrected chi connectivity index (χ1v) is 8.90. The molecule has 2 rings (SSSR count). The highest BCUT2D eigenvalue weighted by atomic mass is 16.5. The number of fused-ring (bicyclic) bond motifs is 1. The maximum absolute atomic E-state index is 12.3. The van der Waals surface area contributed by atoms with Crippen LogP contribution in [0.3, 0.4) is 0 Å². The van der Waals surface area contributed by atoms with Gasteiger partial charge in [0.1, 0.15) is 6.07 Å². The highest BCUT2D eigenvalue weighted by molar-refractivity contribution is 6.05. The summed E-state index contributed by atoms with van der Waals surface area (Å²) in [6.07, 6.45) is 1.23. The molecule has 0 aliphatic carbocycles. The molecule has 0 saturated heterocycles. The van der Waals surface area contributed by atoms with Crippen molar-refractivity contribution >= 4 is 28.4 Å². The van der Waals surface area contributed by atoms with Crippen LogP contribution in [-0.4, -0.2) is 39.4 Å². The van der Waals surface area contributed by atoms with Crippen molar-refractivity contribution in [3.8, 4) is 17.6 Å². The molecule has 0 radical (unpaired) electrons. The lowest BCUT2D eigenvalue weighted by molar-refractivity contribution is -0.138. The molecule has 0 spiro atoms. The minimum Gasteiger partial charge on any atom is -0.493 e. The largest absolute Gasteiger partial charge is 0.493 e. The summed E-state index contributed by atoms with van der Waals surface area (Å²) in [5, 5.41) is 13.4. The van der Waals surface area contributed by atoms with Gasteiger partial charge in [0.05, 0.1) is 33.0 Å². The normalized spacial score (nSPS) is 10.8. The molecule has 0 fully saturated rings. The Balaban J connectivity index is 2.64. The monoisotopic (exact) mass is 398 g/mol. The Bertz CT molecular complexity index is 991. The molecule has 0 atom stereocenters. The average molecular weight is 398 g/mol. The SMILES string of the molecule is CCOC(=O)/C(C#N)=C/Nc1cc(C(=O)OCC)cc2c(OC)c(OC)ccc12. The van der Waals surface area contributed by atoms with Gasteiger partial charge in [0.25, 0.3) is 0 Å². The van der Waals surface area contributed by atoms with Gasteiger partial charge in [0.2, 0.25) is 0 Å². The number of esters is 2. The molecule has 2 aromatic carbocycles. The van der Waals surface area contributed by atoms with Gasteiger partial charge in [0.15, 0.2) is 17.1 Å². The number of nitrogens with one attached hydrogen (secondary N) is 1. The van der Waals surface area contributed by atoms with Crippen molar-refractivity contribution in [2.75, 3.05) is 32.8 Å². The van der Waals surface area contributed by atoms with Gasteiger partial charge >= 0.3 is 11.9 Å². The first-order chi connectivity index (χ1) is 14.0. The molecule has 2 aromatic rings. The van der Waals surface area contributed by atoms with E-state index in [-0.39, 0.29) is 24.4 Å². The number of hydrogen-bond donors (Lipinski definition) is 1. The van der Waals surface area contributed by atoms with Crippen LogP contribution in [0.1, 0.15) is 24.2 Å². The Kier molecular flexibility index (Phi) is 7.43. The van der Waals surface area contributed by atoms with Gasteiger partial charge < -0.3 is 24.3 Å². The molecular formula is C21H22N2O6. The number of benzene rings is 2. The molecule has 8 heteroatoms. The van der Waals surface area contributed by atoms with Crippen LogP contribution in [0.2, 0.25) is 0 Å². The molecule has 8 nitrogen and oxygen atoms in total. The molecule has 0 bridgehead atoms. The number of ether oxygens (including phenoxy) is 4. The van der Waals surface area contributed by atoms with E-state index in [2.05, 4.69) is 5.32 Å². The van der Waals surface area contributed by atoms with Gasteiger partial charge in [-0.3, -0.25) is 0 Å². The summed E-state index contributed by atoms with van der Waals surface area (Å²) in [5.41, 5.74) is 0.544. The molecule has 0 aliphatic heterocycles. The lowest BCUT2D eigenvalue weighted by Crippen LogP contribution is -2.09. The second-order valence-corrected chi connectivity index (χ2v) is 5.68. The summed E-state index contributed by atoms with van der Waals surface area (Å²) in [7, 11) is 3.01. The van der Waals surface area contributed by atoms with E-state index in [1.807, 2.05) is 0 Å². The molecule has 0 aromatic heterocycles. The highest BCUT2D eigenvalue weighted by Crippen LogP contribution is 2.39. The summed E-state index contributed by atoms with van der Waals surface area (Å²) < 4.78 is 20.7. The molecule has 1 N–H and O–H groups in total. The second-order valence-electron chi connectivity index (χ2n) is 5.68. The molecule has 0 heterocycles. The van der Waals surface area contributed by atoms with Gasteiger partial charge in [-0.2, -0.15) is 5.26 Å². The molecular weight excluding hydrogens is 376 g/mol. The lowest BCUT2D eigenvalue weighted by Gasteiger charge is -2.15. The number of anilines is 1. The van der Waals surface area contributed by atoms with Crippen molar-refractivity contribution in [3.63, 3.8) is 0 Å². The third kappa shape index (κ3) is 4.76. The van der Waals surface area contributed by atoms with E-state index in [0.717, 1.165) is 0 Å². The maximum atomic E-state index is 12.3. The Hall–Kier alpha value is -3.73. The summed E-state index contributed by atoms with van der Waals surface area (Å²) in [5.74, 6) is -0.328. The summed E-state index contributed by atoms with van der Waals surface area (Å²) >= 11 is 0. The van der Waals surface area contributed by atoms with E-state index in [1.165, 1.54) is 20.4 Å². The number of methoxy groups -OCH3 is 2. The number of carbonyl (C=O) groups excluding carboxylic acids is 2. The Labute approximate surface area is 168 Å². The first kappa shape index (κ1) is 21.6. The number of carbonyl (C=O) groups is 2. The first-order valence-electron chi connectivity index (χ1n) is 8.90. The fourth-order valence-corrected chi connectivity index (χ4v) is 2.71. The fourth-order valence-electron chi connectivity index (χ4n) is 2.71. The Morgan fingerprint density at radius 3 is 2.38 bits per heavy atom. The highest BCUT2D eigenvalue weighted by Gasteiger charge is 2.17. The van der Waals surface area contributed by atoms with Crippen LogP contribution >= 0.6 is 0 Å². The predicted octanol–water partition coefficient (Wildman–Crippen LogP) is 3.42. The molecule has 152 valence electrons. The van der Waals surface area contributed by atoms with E-state index in [9.17, 15) is 14.9 Å². The number of rotatable bonds is 8. The van der Waals surface area contributed by atoms with Crippen LogP contribution in [-0.2, 0) is 14.3 Å². The molecule has 29 heavy (non-hydrogen) atoms. The Morgan fingerprint density at radius 1 is 1.07 bits per heavy atom. The smallest absolute Gasteiger partial charge is 0.350 e. The van der Waals surface area contributed by atoms with E-state index in [1.54, 1.807) is 44.2 Å². The quantitative estimate of drug-likeness (QED) is 0.409. The molecule has 0 saturated carbocycles. The van der Waals surface area contributed by atoms with E-state index in [0.29, 0.717) is 28.0 Å². The van der Waals surface area contributed by atoms with Crippen LogP contribution < -0.4 is 14.8 Å². The zero-order chi connectivity index (χ0) is 21.4. The summed E-state index contributed by atoms with van der Waals surface area (Å²) in [4.78, 5) is 24.2. The number of nitrogens with zero attached hydrogens (tertiary/aromatic N) is 1. The topological polar surface area (TPSA) is 107 Å². The zero-order valence-corrected chi connectivity index (χ0v) is 16.7. The number of hydrogen-bond acceptors (Lipinski definition) is 8. The number of nitriles is 1. The zero-order valence-electron chi connectivity index (χ0n) is 16.7. The van der Waals surface area contributed by atoms with Crippen molar-refractivity contribution in [1.29, 1.82) is 5.26 Å². The van der Waals surface area contributed by atoms with Gasteiger partial charge in [-0.1, -0.05) is 0 Å². The Morgan fingerprint density at radius 2 is 1.79 bits per heavy atom. The summed E-state index contributed by atoms with van der Waals surface area (Å²) in [6.45, 7) is 3.73. The van der Waals surface area contributed by atoms with E-state index >= 15 is 0 Å². The predicted molar refractivity (Wildman–Crippen MR) is 107 cm³/mol. The summed E-state index contributed by atoms with van der Waals surface area (Å²) in [6, 6.07) is 8.50. The lowest BCUT2D eigenvalue weighted by atomic mass is 10.0. The van der Waals surface area contributed by atoms with Crippen LogP contribution in [0.15, 0.2) is 36.0 Å². The van der Waals surface area contributed by atoms with Gasteiger partial charge in [-0.25, -0.2) is 9.59 Å². The van der Waals surface area contributed by atoms with Gasteiger partial charge in [-0.15, -0.1) is 0 Å². The average Bonchev–Trinajstić information content (AvgIpc) is 2.73. The standard InChI is InChI=1S/C21H22N2O6/c1-5-28-20(24)13-9-16-15(7-8-18(26-3)19(16)27-4)17(10-13)23-12-14(11-22)21(25)29-6-2/h7-10,12,23H,5-6H2,1-4H3/b14-12+. The van der Waals surface area contributed by atoms with Crippen LogP contribution in [0.25, 0.3) is 10.8 Å². The molecule has 0 aliphatic rings. The molecule has 0 amide bonds. The van der Waals surface area contributed by atoms with Crippen molar-refractivity contribution in [2.24, 2.45) is 0 Å². The van der Waals surface area contributed by atoms with Crippen LogP contribution in [0, 0.1) is 11.3 Å². The van der Waals surface area contributed by atoms with Crippen molar-refractivity contribution in [1.82, 2.24) is 0 Å². The third-order valence-electron chi connectivity index (χ3n) is 3.97. The van der Waals surface area contributed by atoms with E-state index in [4.69, 9.17) is 18.9 Å². The fraction of sp³-hybridized carbons (Fsp3) is 0.286. The van der Waals surface area contributed by atoms with Crippen molar-refractivity contribution < 1.29 is 28.5 Å². The van der Waals surface area contributed by atoms with Gasteiger partial charge in [-0.05, 0) is 38.1 Å². The van der Waals surface area contributed by atoms with E-state index < -0.39 is 11.9 Å².